The highest BCUT2D eigenvalue weighted by Crippen LogP contribution is 2.30. The molecule has 1 amide bonds. The minimum atomic E-state index is -4.19. The Kier molecular flexibility index (Phi) is 6.23. The van der Waals surface area contributed by atoms with Crippen molar-refractivity contribution < 1.29 is 26.7 Å². The smallest absolute Gasteiger partial charge is 0.262 e. The summed E-state index contributed by atoms with van der Waals surface area (Å²) >= 11 is 5.89. The molecule has 0 bridgehead atoms. The minimum Gasteiger partial charge on any atom is -0.495 e. The summed E-state index contributed by atoms with van der Waals surface area (Å²) in [4.78, 5) is 11.7. The molecule has 0 radical (unpaired) electrons. The molecule has 10 heteroatoms. The van der Waals surface area contributed by atoms with Gasteiger partial charge in [-0.3, -0.25) is 9.52 Å². The predicted octanol–water partition coefficient (Wildman–Crippen LogP) is 4.68. The molecule has 0 unspecified atom stereocenters. The zero-order chi connectivity index (χ0) is 21.9. The summed E-state index contributed by atoms with van der Waals surface area (Å²) in [5.41, 5.74) is -0.506. The number of anilines is 2. The molecule has 3 rings (SSSR count). The molecule has 3 aromatic carbocycles. The number of ether oxygens (including phenoxy) is 1. The van der Waals surface area contributed by atoms with Gasteiger partial charge in [-0.15, -0.1) is 0 Å². The van der Waals surface area contributed by atoms with Gasteiger partial charge < -0.3 is 10.1 Å². The number of carbonyl (C=O) groups is 1. The zero-order valence-corrected chi connectivity index (χ0v) is 17.0. The van der Waals surface area contributed by atoms with Crippen LogP contribution in [0.4, 0.5) is 20.2 Å². The van der Waals surface area contributed by atoms with Crippen LogP contribution in [-0.4, -0.2) is 21.4 Å². The van der Waals surface area contributed by atoms with Crippen LogP contribution in [0.25, 0.3) is 0 Å². The number of halogens is 3. The molecule has 0 spiro atoms. The lowest BCUT2D eigenvalue weighted by atomic mass is 10.2. The Morgan fingerprint density at radius 1 is 0.967 bits per heavy atom. The lowest BCUT2D eigenvalue weighted by molar-refractivity contribution is 0.102. The van der Waals surface area contributed by atoms with E-state index in [1.807, 2.05) is 0 Å². The van der Waals surface area contributed by atoms with Crippen LogP contribution in [-0.2, 0) is 10.0 Å². The Bertz CT molecular complexity index is 1220. The van der Waals surface area contributed by atoms with E-state index in [-0.39, 0.29) is 27.7 Å². The van der Waals surface area contributed by atoms with Crippen LogP contribution in [0.1, 0.15) is 10.4 Å². The van der Waals surface area contributed by atoms with Crippen LogP contribution in [0.15, 0.2) is 65.6 Å². The van der Waals surface area contributed by atoms with Gasteiger partial charge in [0.25, 0.3) is 15.9 Å². The first kappa shape index (κ1) is 21.5. The third-order valence-corrected chi connectivity index (χ3v) is 5.62. The van der Waals surface area contributed by atoms with Gasteiger partial charge in [0, 0.05) is 5.02 Å². The van der Waals surface area contributed by atoms with E-state index in [9.17, 15) is 22.0 Å². The van der Waals surface area contributed by atoms with E-state index >= 15 is 0 Å². The van der Waals surface area contributed by atoms with Gasteiger partial charge in [0.05, 0.1) is 28.9 Å². The topological polar surface area (TPSA) is 84.5 Å². The summed E-state index contributed by atoms with van der Waals surface area (Å²) in [6.07, 6.45) is 0. The lowest BCUT2D eigenvalue weighted by Crippen LogP contribution is -2.16. The third-order valence-electron chi connectivity index (χ3n) is 4.02. The molecule has 0 saturated heterocycles. The van der Waals surface area contributed by atoms with E-state index in [1.54, 1.807) is 0 Å². The molecule has 3 aromatic rings. The summed E-state index contributed by atoms with van der Waals surface area (Å²) in [7, 11) is -2.84. The number of benzene rings is 3. The van der Waals surface area contributed by atoms with Crippen molar-refractivity contribution in [3.63, 3.8) is 0 Å². The number of hydrogen-bond acceptors (Lipinski definition) is 4. The number of nitrogens with one attached hydrogen (secondary N) is 2. The maximum atomic E-state index is 14.5. The van der Waals surface area contributed by atoms with Crippen molar-refractivity contribution in [2.24, 2.45) is 0 Å². The molecule has 0 aliphatic rings. The van der Waals surface area contributed by atoms with Crippen molar-refractivity contribution in [3.05, 3.63) is 82.9 Å². The van der Waals surface area contributed by atoms with E-state index < -0.39 is 32.5 Å². The van der Waals surface area contributed by atoms with Crippen molar-refractivity contribution in [3.8, 4) is 5.75 Å². The van der Waals surface area contributed by atoms with E-state index in [2.05, 4.69) is 10.0 Å². The fourth-order valence-corrected chi connectivity index (χ4v) is 3.81. The van der Waals surface area contributed by atoms with Crippen molar-refractivity contribution in [2.45, 2.75) is 4.90 Å². The zero-order valence-electron chi connectivity index (χ0n) is 15.4. The van der Waals surface area contributed by atoms with Gasteiger partial charge in [-0.1, -0.05) is 23.7 Å². The number of rotatable bonds is 6. The molecule has 0 aromatic heterocycles. The molecule has 0 atom stereocenters. The average molecular weight is 453 g/mol. The summed E-state index contributed by atoms with van der Waals surface area (Å²) in [6, 6.07) is 12.4. The van der Waals surface area contributed by atoms with Crippen LogP contribution < -0.4 is 14.8 Å². The second-order valence-corrected chi connectivity index (χ2v) is 8.14. The molecular formula is C20H15ClF2N2O4S. The monoisotopic (exact) mass is 452 g/mol. The maximum absolute atomic E-state index is 14.5. The largest absolute Gasteiger partial charge is 0.495 e. The van der Waals surface area contributed by atoms with Crippen molar-refractivity contribution in [1.29, 1.82) is 0 Å². The molecule has 156 valence electrons. The number of sulfonamides is 1. The lowest BCUT2D eigenvalue weighted by Gasteiger charge is -2.13. The first-order chi connectivity index (χ1) is 14.2. The van der Waals surface area contributed by atoms with Crippen LogP contribution in [0, 0.1) is 11.6 Å². The summed E-state index contributed by atoms with van der Waals surface area (Å²) in [5, 5.41) is 2.48. The average Bonchev–Trinajstić information content (AvgIpc) is 2.69. The molecule has 30 heavy (non-hydrogen) atoms. The highest BCUT2D eigenvalue weighted by atomic mass is 35.5. The summed E-state index contributed by atoms with van der Waals surface area (Å²) in [6.45, 7) is 0. The quantitative estimate of drug-likeness (QED) is 0.568. The van der Waals surface area contributed by atoms with Gasteiger partial charge in [-0.05, 0) is 48.5 Å². The molecule has 0 fully saturated rings. The molecule has 0 aliphatic heterocycles. The van der Waals surface area contributed by atoms with E-state index in [1.165, 1.54) is 43.5 Å². The first-order valence-corrected chi connectivity index (χ1v) is 10.3. The minimum absolute atomic E-state index is 0.0716. The van der Waals surface area contributed by atoms with Gasteiger partial charge in [0.15, 0.2) is 0 Å². The highest BCUT2D eigenvalue weighted by molar-refractivity contribution is 7.92. The third kappa shape index (κ3) is 4.69. The van der Waals surface area contributed by atoms with Gasteiger partial charge in [0.2, 0.25) is 0 Å². The second kappa shape index (κ2) is 8.68. The van der Waals surface area contributed by atoms with Crippen LogP contribution >= 0.6 is 11.6 Å². The number of amides is 1. The SMILES string of the molecule is COc1ccc(Cl)cc1NS(=O)(=O)c1ccc(NC(=O)c2ccccc2F)c(F)c1. The van der Waals surface area contributed by atoms with Crippen LogP contribution in [0.2, 0.25) is 5.02 Å². The standard InChI is InChI=1S/C20H15ClF2N2O4S/c1-29-19-9-6-12(21)10-18(19)25-30(27,28)13-7-8-17(16(23)11-13)24-20(26)14-4-2-3-5-15(14)22/h2-11,25H,1H3,(H,24,26). The van der Waals surface area contributed by atoms with E-state index in [0.717, 1.165) is 24.3 Å². The van der Waals surface area contributed by atoms with Gasteiger partial charge in [-0.2, -0.15) is 0 Å². The Morgan fingerprint density at radius 3 is 2.37 bits per heavy atom. The molecule has 6 nitrogen and oxygen atoms in total. The summed E-state index contributed by atoms with van der Waals surface area (Å²) < 4.78 is 60.8. The fraction of sp³-hybridized carbons (Fsp3) is 0.0500. The van der Waals surface area contributed by atoms with Crippen molar-refractivity contribution in [2.75, 3.05) is 17.1 Å². The number of methoxy groups -OCH3 is 1. The summed E-state index contributed by atoms with van der Waals surface area (Å²) in [5.74, 6) is -2.43. The van der Waals surface area contributed by atoms with Crippen molar-refractivity contribution in [1.82, 2.24) is 0 Å². The fourth-order valence-electron chi connectivity index (χ4n) is 2.56. The van der Waals surface area contributed by atoms with Crippen LogP contribution in [0.3, 0.4) is 0 Å². The maximum Gasteiger partial charge on any atom is 0.262 e. The number of hydrogen-bond donors (Lipinski definition) is 2. The molecule has 0 aliphatic carbocycles. The molecule has 2 N–H and O–H groups in total. The Labute approximate surface area is 176 Å². The van der Waals surface area contributed by atoms with Gasteiger partial charge in [0.1, 0.15) is 17.4 Å². The van der Waals surface area contributed by atoms with Gasteiger partial charge >= 0.3 is 0 Å². The van der Waals surface area contributed by atoms with Crippen LogP contribution in [0.5, 0.6) is 5.75 Å². The van der Waals surface area contributed by atoms with Crippen molar-refractivity contribution >= 4 is 38.9 Å². The highest BCUT2D eigenvalue weighted by Gasteiger charge is 2.20. The normalized spacial score (nSPS) is 11.1. The predicted molar refractivity (Wildman–Crippen MR) is 110 cm³/mol. The molecular weight excluding hydrogens is 438 g/mol. The number of carbonyl (C=O) groups excluding carboxylic acids is 1. The van der Waals surface area contributed by atoms with E-state index in [4.69, 9.17) is 16.3 Å². The first-order valence-electron chi connectivity index (χ1n) is 8.43. The Balaban J connectivity index is 1.85. The van der Waals surface area contributed by atoms with Gasteiger partial charge in [-0.25, -0.2) is 17.2 Å². The Morgan fingerprint density at radius 2 is 1.70 bits per heavy atom. The second-order valence-electron chi connectivity index (χ2n) is 6.03. The molecule has 0 heterocycles. The molecule has 0 saturated carbocycles. The Hall–Kier alpha value is -3.17. The van der Waals surface area contributed by atoms with E-state index in [0.29, 0.717) is 0 Å².